The maximum atomic E-state index is 12.4. The molecule has 0 atom stereocenters. The Hall–Kier alpha value is -2.59. The highest BCUT2D eigenvalue weighted by atomic mass is 79.9. The van der Waals surface area contributed by atoms with Gasteiger partial charge in [-0.3, -0.25) is 4.79 Å². The summed E-state index contributed by atoms with van der Waals surface area (Å²) in [6.07, 6.45) is 0.241. The van der Waals surface area contributed by atoms with E-state index in [0.29, 0.717) is 17.9 Å². The number of Topliss-reactive ketones (excluding diaryl/α,β-unsaturated/α-hetero) is 1. The summed E-state index contributed by atoms with van der Waals surface area (Å²) < 4.78 is 6.63. The summed E-state index contributed by atoms with van der Waals surface area (Å²) in [5.41, 5.74) is 2.24. The highest BCUT2D eigenvalue weighted by Gasteiger charge is 2.13. The molecule has 0 amide bonds. The van der Waals surface area contributed by atoms with Gasteiger partial charge in [0.2, 0.25) is 0 Å². The topological polar surface area (TPSA) is 46.5 Å². The van der Waals surface area contributed by atoms with E-state index < -0.39 is 0 Å². The first-order chi connectivity index (χ1) is 12.1. The second-order valence-corrected chi connectivity index (χ2v) is 6.60. The van der Waals surface area contributed by atoms with E-state index in [1.807, 2.05) is 54.6 Å². The van der Waals surface area contributed by atoms with Gasteiger partial charge in [-0.2, -0.15) is 0 Å². The van der Waals surface area contributed by atoms with E-state index in [9.17, 15) is 9.90 Å². The summed E-state index contributed by atoms with van der Waals surface area (Å²) in [5, 5.41) is 10.2. The molecule has 25 heavy (non-hydrogen) atoms. The number of carbonyl (C=O) groups is 1. The van der Waals surface area contributed by atoms with Crippen molar-refractivity contribution in [3.8, 4) is 11.5 Å². The van der Waals surface area contributed by atoms with E-state index in [0.717, 1.165) is 15.6 Å². The Morgan fingerprint density at radius 3 is 2.32 bits per heavy atom. The van der Waals surface area contributed by atoms with Crippen molar-refractivity contribution in [2.75, 3.05) is 0 Å². The van der Waals surface area contributed by atoms with Crippen LogP contribution in [0.5, 0.6) is 11.5 Å². The molecule has 3 aromatic carbocycles. The first-order valence-electron chi connectivity index (χ1n) is 7.89. The van der Waals surface area contributed by atoms with Crippen molar-refractivity contribution in [2.24, 2.45) is 0 Å². The van der Waals surface area contributed by atoms with Crippen molar-refractivity contribution in [2.45, 2.75) is 13.0 Å². The van der Waals surface area contributed by atoms with Crippen LogP contribution >= 0.6 is 15.9 Å². The zero-order valence-corrected chi connectivity index (χ0v) is 15.1. The zero-order valence-electron chi connectivity index (χ0n) is 13.5. The third kappa shape index (κ3) is 4.70. The Kier molecular flexibility index (Phi) is 5.51. The Bertz CT molecular complexity index is 858. The molecule has 3 aromatic rings. The smallest absolute Gasteiger partial charge is 0.170 e. The van der Waals surface area contributed by atoms with E-state index >= 15 is 0 Å². The Labute approximate surface area is 155 Å². The van der Waals surface area contributed by atoms with Crippen LogP contribution in [0.2, 0.25) is 0 Å². The average molecular weight is 397 g/mol. The fourth-order valence-electron chi connectivity index (χ4n) is 2.46. The quantitative estimate of drug-likeness (QED) is 0.585. The standard InChI is InChI=1S/C21H17BrO3/c22-17-8-6-15(7-9-17)12-20(23)19-11-10-18(13-21(19)24)25-14-16-4-2-1-3-5-16/h1-11,13,24H,12,14H2. The lowest BCUT2D eigenvalue weighted by atomic mass is 10.0. The molecule has 0 fully saturated rings. The first-order valence-corrected chi connectivity index (χ1v) is 8.68. The molecule has 0 heterocycles. The Balaban J connectivity index is 1.66. The molecule has 4 heteroatoms. The van der Waals surface area contributed by atoms with Gasteiger partial charge in [0.1, 0.15) is 18.1 Å². The second-order valence-electron chi connectivity index (χ2n) is 5.68. The van der Waals surface area contributed by atoms with Gasteiger partial charge in [0.05, 0.1) is 5.56 Å². The van der Waals surface area contributed by atoms with E-state index in [1.54, 1.807) is 12.1 Å². The highest BCUT2D eigenvalue weighted by Crippen LogP contribution is 2.26. The Morgan fingerprint density at radius 2 is 1.64 bits per heavy atom. The van der Waals surface area contributed by atoms with Crippen molar-refractivity contribution in [1.82, 2.24) is 0 Å². The fourth-order valence-corrected chi connectivity index (χ4v) is 2.73. The molecule has 0 aliphatic rings. The van der Waals surface area contributed by atoms with Crippen LogP contribution in [0.25, 0.3) is 0 Å². The molecular formula is C21H17BrO3. The molecule has 0 saturated heterocycles. The van der Waals surface area contributed by atoms with Crippen LogP contribution < -0.4 is 4.74 Å². The molecular weight excluding hydrogens is 380 g/mol. The normalized spacial score (nSPS) is 10.4. The number of ether oxygens (including phenoxy) is 1. The first kappa shape index (κ1) is 17.2. The third-order valence-electron chi connectivity index (χ3n) is 3.80. The molecule has 3 nitrogen and oxygen atoms in total. The van der Waals surface area contributed by atoms with Crippen molar-refractivity contribution in [3.05, 3.63) is 94.0 Å². The lowest BCUT2D eigenvalue weighted by Gasteiger charge is -2.09. The number of phenolic OH excluding ortho intramolecular Hbond substituents is 1. The minimum atomic E-state index is -0.130. The third-order valence-corrected chi connectivity index (χ3v) is 4.32. The number of ketones is 1. The summed E-state index contributed by atoms with van der Waals surface area (Å²) in [5.74, 6) is 0.337. The lowest BCUT2D eigenvalue weighted by Crippen LogP contribution is -2.04. The highest BCUT2D eigenvalue weighted by molar-refractivity contribution is 9.10. The predicted octanol–water partition coefficient (Wildman–Crippen LogP) is 5.16. The number of hydrogen-bond donors (Lipinski definition) is 1. The van der Waals surface area contributed by atoms with Crippen molar-refractivity contribution >= 4 is 21.7 Å². The van der Waals surface area contributed by atoms with E-state index in [4.69, 9.17) is 4.74 Å². The zero-order chi connectivity index (χ0) is 17.6. The van der Waals surface area contributed by atoms with Gasteiger partial charge < -0.3 is 9.84 Å². The molecule has 0 radical (unpaired) electrons. The van der Waals surface area contributed by atoms with E-state index in [2.05, 4.69) is 15.9 Å². The van der Waals surface area contributed by atoms with Gasteiger partial charge in [0.15, 0.2) is 5.78 Å². The van der Waals surface area contributed by atoms with Crippen molar-refractivity contribution in [1.29, 1.82) is 0 Å². The van der Waals surface area contributed by atoms with Crippen LogP contribution in [-0.4, -0.2) is 10.9 Å². The van der Waals surface area contributed by atoms with Gasteiger partial charge in [-0.25, -0.2) is 0 Å². The minimum absolute atomic E-state index is 0.0623. The molecule has 3 rings (SSSR count). The maximum absolute atomic E-state index is 12.4. The molecule has 0 bridgehead atoms. The maximum Gasteiger partial charge on any atom is 0.170 e. The van der Waals surface area contributed by atoms with Crippen molar-refractivity contribution in [3.63, 3.8) is 0 Å². The van der Waals surface area contributed by atoms with Gasteiger partial charge in [0, 0.05) is 17.0 Å². The number of halogens is 1. The number of benzene rings is 3. The van der Waals surface area contributed by atoms with Crippen LogP contribution in [0.3, 0.4) is 0 Å². The van der Waals surface area contributed by atoms with Crippen LogP contribution in [0.4, 0.5) is 0 Å². The molecule has 1 N–H and O–H groups in total. The molecule has 0 aliphatic carbocycles. The van der Waals surface area contributed by atoms with Crippen LogP contribution in [0, 0.1) is 0 Å². The summed E-state index contributed by atoms with van der Waals surface area (Å²) in [6.45, 7) is 0.409. The van der Waals surface area contributed by atoms with Crippen LogP contribution in [0.15, 0.2) is 77.3 Å². The minimum Gasteiger partial charge on any atom is -0.507 e. The van der Waals surface area contributed by atoms with Gasteiger partial charge in [-0.15, -0.1) is 0 Å². The lowest BCUT2D eigenvalue weighted by molar-refractivity contribution is 0.0990. The SMILES string of the molecule is O=C(Cc1ccc(Br)cc1)c1ccc(OCc2ccccc2)cc1O. The number of aromatic hydroxyl groups is 1. The predicted molar refractivity (Wildman–Crippen MR) is 101 cm³/mol. The average Bonchev–Trinajstić information content (AvgIpc) is 2.63. The number of hydrogen-bond acceptors (Lipinski definition) is 3. The molecule has 0 saturated carbocycles. The summed E-state index contributed by atoms with van der Waals surface area (Å²) >= 11 is 3.37. The summed E-state index contributed by atoms with van der Waals surface area (Å²) in [4.78, 5) is 12.4. The van der Waals surface area contributed by atoms with E-state index in [-0.39, 0.29) is 18.0 Å². The monoisotopic (exact) mass is 396 g/mol. The van der Waals surface area contributed by atoms with Crippen molar-refractivity contribution < 1.29 is 14.6 Å². The molecule has 0 unspecified atom stereocenters. The number of carbonyl (C=O) groups excluding carboxylic acids is 1. The van der Waals surface area contributed by atoms with Crippen LogP contribution in [0.1, 0.15) is 21.5 Å². The van der Waals surface area contributed by atoms with E-state index in [1.165, 1.54) is 6.07 Å². The summed E-state index contributed by atoms with van der Waals surface area (Å²) in [6, 6.07) is 22.1. The second kappa shape index (κ2) is 7.99. The number of phenols is 1. The molecule has 0 aromatic heterocycles. The largest absolute Gasteiger partial charge is 0.507 e. The van der Waals surface area contributed by atoms with Gasteiger partial charge in [-0.05, 0) is 35.4 Å². The summed E-state index contributed by atoms with van der Waals surface area (Å²) in [7, 11) is 0. The van der Waals surface area contributed by atoms with Gasteiger partial charge >= 0.3 is 0 Å². The Morgan fingerprint density at radius 1 is 0.920 bits per heavy atom. The molecule has 126 valence electrons. The molecule has 0 aliphatic heterocycles. The fraction of sp³-hybridized carbons (Fsp3) is 0.0952. The van der Waals surface area contributed by atoms with Crippen LogP contribution in [-0.2, 0) is 13.0 Å². The number of rotatable bonds is 6. The molecule has 0 spiro atoms. The van der Waals surface area contributed by atoms with Gasteiger partial charge in [-0.1, -0.05) is 58.4 Å². The van der Waals surface area contributed by atoms with Gasteiger partial charge in [0.25, 0.3) is 0 Å².